The summed E-state index contributed by atoms with van der Waals surface area (Å²) in [5, 5.41) is 2.35. The highest BCUT2D eigenvalue weighted by Gasteiger charge is 2.48. The smallest absolute Gasteiger partial charge is 0.377 e. The number of carbonyl (C=O) groups is 3. The molecule has 0 saturated carbocycles. The number of hydrogen-bond acceptors (Lipinski definition) is 12. The Morgan fingerprint density at radius 2 is 1.53 bits per heavy atom. The summed E-state index contributed by atoms with van der Waals surface area (Å²) in [5.41, 5.74) is 3.79. The minimum atomic E-state index is -4.83. The fourth-order valence-electron chi connectivity index (χ4n) is 4.09. The molecule has 43 heavy (non-hydrogen) atoms. The van der Waals surface area contributed by atoms with Crippen molar-refractivity contribution in [2.45, 2.75) is 38.0 Å². The van der Waals surface area contributed by atoms with Crippen LogP contribution in [0.3, 0.4) is 0 Å². The van der Waals surface area contributed by atoms with Crippen molar-refractivity contribution in [3.05, 3.63) is 71.8 Å². The largest absolute Gasteiger partial charge is 0.464 e. The number of benzene rings is 2. The topological polar surface area (TPSA) is 210 Å². The molecule has 2 aromatic rings. The van der Waals surface area contributed by atoms with E-state index in [4.69, 9.17) is 15.2 Å². The van der Waals surface area contributed by atoms with Crippen LogP contribution in [0.15, 0.2) is 60.7 Å². The van der Waals surface area contributed by atoms with Crippen molar-refractivity contribution in [3.8, 4) is 0 Å². The summed E-state index contributed by atoms with van der Waals surface area (Å²) in [4.78, 5) is 39.5. The van der Waals surface area contributed by atoms with Crippen molar-refractivity contribution < 1.29 is 49.1 Å². The number of carbonyl (C=O) groups excluding carboxylic acids is 3. The summed E-state index contributed by atoms with van der Waals surface area (Å²) in [6, 6.07) is 13.8. The maximum absolute atomic E-state index is 13.9. The van der Waals surface area contributed by atoms with E-state index in [-0.39, 0.29) is 18.4 Å². The van der Waals surface area contributed by atoms with Crippen LogP contribution in [0.2, 0.25) is 0 Å². The second-order valence-electron chi connectivity index (χ2n) is 9.60. The van der Waals surface area contributed by atoms with Gasteiger partial charge in [0.1, 0.15) is 9.84 Å². The van der Waals surface area contributed by atoms with Gasteiger partial charge >= 0.3 is 17.7 Å². The fraction of sp³-hybridized carbons (Fsp3) is 0.407. The Balaban J connectivity index is 2.63. The number of sulfone groups is 2. The Hall–Kier alpha value is -3.60. The van der Waals surface area contributed by atoms with Crippen molar-refractivity contribution >= 4 is 52.0 Å². The molecule has 0 heterocycles. The van der Waals surface area contributed by atoms with Crippen LogP contribution >= 0.6 is 0 Å². The first-order chi connectivity index (χ1) is 20.1. The minimum absolute atomic E-state index is 0.00553. The van der Waals surface area contributed by atoms with E-state index < -0.39 is 87.6 Å². The van der Waals surface area contributed by atoms with Crippen LogP contribution in [0.25, 0.3) is 0 Å². The molecule has 16 heteroatoms. The van der Waals surface area contributed by atoms with Gasteiger partial charge in [0, 0.05) is 18.2 Å². The van der Waals surface area contributed by atoms with Gasteiger partial charge in [0.05, 0.1) is 30.6 Å². The van der Waals surface area contributed by atoms with E-state index in [0.717, 1.165) is 13.4 Å². The molecule has 3 unspecified atom stereocenters. The van der Waals surface area contributed by atoms with E-state index in [1.165, 1.54) is 31.2 Å². The molecule has 0 radical (unpaired) electrons. The van der Waals surface area contributed by atoms with E-state index >= 15 is 0 Å². The number of rotatable bonds is 14. The van der Waals surface area contributed by atoms with Gasteiger partial charge in [0.15, 0.2) is 14.0 Å². The van der Waals surface area contributed by atoms with Gasteiger partial charge in [-0.3, -0.25) is 9.59 Å². The molecule has 0 saturated heterocycles. The number of esters is 2. The molecule has 0 fully saturated rings. The molecule has 1 amide bonds. The lowest BCUT2D eigenvalue weighted by molar-refractivity contribution is -0.189. The Labute approximate surface area is 252 Å². The van der Waals surface area contributed by atoms with Crippen LogP contribution in [0.4, 0.5) is 0 Å². The molecule has 0 aromatic heterocycles. The van der Waals surface area contributed by atoms with Crippen molar-refractivity contribution in [1.82, 2.24) is 5.32 Å². The number of amides is 1. The lowest BCUT2D eigenvalue weighted by Crippen LogP contribution is -2.57. The van der Waals surface area contributed by atoms with Crippen LogP contribution < -0.4 is 11.1 Å². The van der Waals surface area contributed by atoms with E-state index in [0.29, 0.717) is 5.56 Å². The summed E-state index contributed by atoms with van der Waals surface area (Å²) >= 11 is 0. The fourth-order valence-corrected chi connectivity index (χ4v) is 7.71. The maximum atomic E-state index is 13.9. The molecular formula is C27H34N2O11S3. The molecular weight excluding hydrogens is 625 g/mol. The molecule has 0 aliphatic heterocycles. The molecule has 3 atom stereocenters. The monoisotopic (exact) mass is 658 g/mol. The average molecular weight is 659 g/mol. The first-order valence-corrected chi connectivity index (χ1v) is 17.7. The Bertz CT molecular complexity index is 1650. The van der Waals surface area contributed by atoms with Gasteiger partial charge in [-0.15, -0.1) is 0 Å². The SMILES string of the molecule is CCC(=O)OC(NC(=O)C(Cc1ccccc1)CS(=O)(=O)C(C(N)CCS(C)(=O)=O)=S(=O)=O)(C(=O)OC)c1ccccc1. The normalized spacial score (nSPS) is 14.4. The lowest BCUT2D eigenvalue weighted by Gasteiger charge is -2.33. The molecule has 0 aliphatic carbocycles. The maximum Gasteiger partial charge on any atom is 0.377 e. The molecule has 0 spiro atoms. The predicted molar refractivity (Wildman–Crippen MR) is 158 cm³/mol. The van der Waals surface area contributed by atoms with Crippen molar-refractivity contribution in [3.63, 3.8) is 0 Å². The summed E-state index contributed by atoms with van der Waals surface area (Å²) in [5.74, 6) is -6.41. The Kier molecular flexibility index (Phi) is 12.6. The van der Waals surface area contributed by atoms with Crippen LogP contribution in [-0.4, -0.2) is 78.2 Å². The number of nitrogens with two attached hydrogens (primary N) is 1. The van der Waals surface area contributed by atoms with Crippen LogP contribution in [0, 0.1) is 5.92 Å². The van der Waals surface area contributed by atoms with Gasteiger partial charge in [-0.05, 0) is 18.4 Å². The van der Waals surface area contributed by atoms with E-state index in [9.17, 15) is 39.6 Å². The van der Waals surface area contributed by atoms with Gasteiger partial charge in [-0.2, -0.15) is 8.42 Å². The summed E-state index contributed by atoms with van der Waals surface area (Å²) in [7, 11) is -10.8. The van der Waals surface area contributed by atoms with Gasteiger partial charge < -0.3 is 20.5 Å². The molecule has 3 N–H and O–H groups in total. The minimum Gasteiger partial charge on any atom is -0.464 e. The zero-order valence-electron chi connectivity index (χ0n) is 23.8. The average Bonchev–Trinajstić information content (AvgIpc) is 2.94. The molecule has 0 aliphatic rings. The van der Waals surface area contributed by atoms with Gasteiger partial charge in [-0.25, -0.2) is 21.6 Å². The van der Waals surface area contributed by atoms with Crippen LogP contribution in [0.1, 0.15) is 30.9 Å². The number of hydrogen-bond donors (Lipinski definition) is 2. The summed E-state index contributed by atoms with van der Waals surface area (Å²) < 4.78 is 83.4. The highest BCUT2D eigenvalue weighted by atomic mass is 32.2. The quantitative estimate of drug-likeness (QED) is 0.158. The van der Waals surface area contributed by atoms with Crippen LogP contribution in [-0.2, 0) is 66.0 Å². The first-order valence-electron chi connectivity index (χ1n) is 12.9. The third kappa shape index (κ3) is 9.98. The number of ether oxygens (including phenoxy) is 2. The Morgan fingerprint density at radius 1 is 0.977 bits per heavy atom. The predicted octanol–water partition coefficient (Wildman–Crippen LogP) is 0.127. The summed E-state index contributed by atoms with van der Waals surface area (Å²) in [6.07, 6.45) is -0.0728. The van der Waals surface area contributed by atoms with Gasteiger partial charge in [0.25, 0.3) is 0 Å². The zero-order chi connectivity index (χ0) is 32.4. The summed E-state index contributed by atoms with van der Waals surface area (Å²) in [6.45, 7) is 1.45. The molecule has 2 aromatic carbocycles. The van der Waals surface area contributed by atoms with Crippen molar-refractivity contribution in [2.24, 2.45) is 11.7 Å². The second kappa shape index (κ2) is 15.2. The highest BCUT2D eigenvalue weighted by Crippen LogP contribution is 2.27. The van der Waals surface area contributed by atoms with Crippen molar-refractivity contribution in [1.29, 1.82) is 0 Å². The first kappa shape index (κ1) is 35.6. The number of methoxy groups -OCH3 is 1. The lowest BCUT2D eigenvalue weighted by atomic mass is 9.97. The third-order valence-electron chi connectivity index (χ3n) is 6.20. The number of nitrogens with one attached hydrogen (secondary N) is 1. The van der Waals surface area contributed by atoms with E-state index in [1.54, 1.807) is 36.4 Å². The molecule has 2 rings (SSSR count). The molecule has 236 valence electrons. The second-order valence-corrected chi connectivity index (χ2v) is 15.0. The highest BCUT2D eigenvalue weighted by molar-refractivity contribution is 8.15. The van der Waals surface area contributed by atoms with Crippen LogP contribution in [0.5, 0.6) is 0 Å². The van der Waals surface area contributed by atoms with E-state index in [1.807, 2.05) is 0 Å². The third-order valence-corrected chi connectivity index (χ3v) is 10.7. The van der Waals surface area contributed by atoms with Crippen molar-refractivity contribution in [2.75, 3.05) is 24.9 Å². The Morgan fingerprint density at radius 3 is 2.02 bits per heavy atom. The van der Waals surface area contributed by atoms with Gasteiger partial charge in [-0.1, -0.05) is 67.6 Å². The molecule has 13 nitrogen and oxygen atoms in total. The van der Waals surface area contributed by atoms with Gasteiger partial charge in [0.2, 0.25) is 16.2 Å². The van der Waals surface area contributed by atoms with E-state index in [2.05, 4.69) is 5.32 Å². The standard InChI is InChI=1S/C27H34N2O11S3/c1-4-23(30)40-27(26(32)39-2,21-13-9-6-10-14-21)29-24(31)20(17-19-11-7-5-8-12-19)18-43(37,38)25(41(33)34)22(28)15-16-42(3,35)36/h5-14,20,22H,4,15-18,28H2,1-3H3,(H,29,31). The zero-order valence-corrected chi connectivity index (χ0v) is 26.2. The molecule has 0 bridgehead atoms.